The van der Waals surface area contributed by atoms with Crippen LogP contribution in [0.3, 0.4) is 0 Å². The van der Waals surface area contributed by atoms with Gasteiger partial charge in [0.25, 0.3) is 12.0 Å². The summed E-state index contributed by atoms with van der Waals surface area (Å²) in [5.74, 6) is -2.30. The second-order valence-electron chi connectivity index (χ2n) is 17.5. The number of aliphatic hydroxyl groups is 1. The number of carbonyl (C=O) groups excluding carboxylic acids is 7. The van der Waals surface area contributed by atoms with E-state index in [1.165, 1.54) is 78.9 Å². The third-order valence-corrected chi connectivity index (χ3v) is 11.6. The molecule has 0 spiro atoms. The number of esters is 4. The number of rotatable bonds is 15. The first-order chi connectivity index (χ1) is 46.1. The SMILES string of the molecule is C.CCO.CCOC(=O)C#CC(=O)OCC.CCOC(=O)c1cc(=O)n(-c2ccccc2F)[nH]1.CCOC(=O)c1nn(-c2ccccc2F)c(Cl)c1C=O.C[C@@H](N)c1ccc(C(F)(F)F)cc1.NCc1ccccc1F.O=CO[O-].O=Cc1c(C(=O)O)nn(-c2ccccc2F)c1Cl.[H-].[K+].[K+].[Na+].[OH-].[U].[V].[W]. The molecule has 0 saturated heterocycles. The van der Waals surface area contributed by atoms with Gasteiger partial charge in [0.05, 0.1) is 43.1 Å². The number of nitrogens with two attached hydrogens (primary N) is 2. The van der Waals surface area contributed by atoms with Crippen LogP contribution in [0.25, 0.3) is 17.1 Å². The molecule has 3 aromatic heterocycles. The fraction of sp³-hybridized carbons (Fsp3) is 0.234. The molecule has 0 aliphatic heterocycles. The average molecular weight is 2020 g/mol. The van der Waals surface area contributed by atoms with Gasteiger partial charge in [0.1, 0.15) is 56.3 Å². The number of carbonyl (C=O) groups is 8. The number of hydrogen-bond donors (Lipinski definition) is 5. The van der Waals surface area contributed by atoms with E-state index in [-0.39, 0.29) is 331 Å². The van der Waals surface area contributed by atoms with Crippen molar-refractivity contribution in [2.45, 2.75) is 67.7 Å². The summed E-state index contributed by atoms with van der Waals surface area (Å²) < 4.78 is 111. The van der Waals surface area contributed by atoms with Crippen molar-refractivity contribution < 1.29 is 318 Å². The van der Waals surface area contributed by atoms with Gasteiger partial charge in [-0.2, -0.15) is 23.4 Å². The first-order valence-corrected chi connectivity index (χ1v) is 28.5. The van der Waals surface area contributed by atoms with Crippen molar-refractivity contribution in [3.05, 3.63) is 216 Å². The maximum atomic E-state index is 13.7. The normalized spacial score (nSPS) is 9.36. The number of aromatic nitrogens is 6. The fourth-order valence-corrected chi connectivity index (χ4v) is 7.23. The second kappa shape index (κ2) is 64.5. The molecule has 0 saturated carbocycles. The van der Waals surface area contributed by atoms with Crippen molar-refractivity contribution in [2.24, 2.45) is 11.5 Å². The van der Waals surface area contributed by atoms with Crippen LogP contribution in [0.1, 0.15) is 125 Å². The van der Waals surface area contributed by atoms with Gasteiger partial charge < -0.3 is 57.7 Å². The number of nitrogens with one attached hydrogen (secondary N) is 1. The first-order valence-electron chi connectivity index (χ1n) is 27.7. The molecule has 0 aliphatic rings. The Morgan fingerprint density at radius 3 is 1.33 bits per heavy atom. The van der Waals surface area contributed by atoms with Crippen molar-refractivity contribution >= 4 is 72.1 Å². The predicted octanol–water partition coefficient (Wildman–Crippen LogP) is 0.449. The molecule has 41 heteroatoms. The summed E-state index contributed by atoms with van der Waals surface area (Å²) in [6.07, 6.45) is -3.61. The molecule has 0 fully saturated rings. The van der Waals surface area contributed by atoms with Gasteiger partial charge in [-0.05, 0) is 102 Å². The van der Waals surface area contributed by atoms with Crippen LogP contribution in [0.5, 0.6) is 0 Å². The molecule has 0 amide bonds. The van der Waals surface area contributed by atoms with Crippen LogP contribution in [0.4, 0.5) is 30.7 Å². The monoisotopic (exact) mass is 2010 g/mol. The van der Waals surface area contributed by atoms with E-state index in [0.717, 1.165) is 32.2 Å². The van der Waals surface area contributed by atoms with Gasteiger partial charge in [-0.25, -0.2) is 55.6 Å². The molecule has 8 rings (SSSR count). The number of benzene rings is 5. The van der Waals surface area contributed by atoms with Crippen LogP contribution < -0.4 is 155 Å². The van der Waals surface area contributed by atoms with E-state index in [9.17, 15) is 69.1 Å². The van der Waals surface area contributed by atoms with Crippen LogP contribution >= 0.6 is 23.2 Å². The van der Waals surface area contributed by atoms with Gasteiger partial charge in [-0.1, -0.05) is 97.4 Å². The number of carboxylic acids is 1. The van der Waals surface area contributed by atoms with Crippen molar-refractivity contribution in [2.75, 3.05) is 33.0 Å². The van der Waals surface area contributed by atoms with Crippen LogP contribution in [0, 0.1) is 66.2 Å². The molecule has 553 valence electrons. The number of aldehydes is 2. The van der Waals surface area contributed by atoms with E-state index in [1.54, 1.807) is 71.9 Å². The standard InChI is InChI=1S/C13H10ClFN2O3.C12H11FN2O3.C11H6ClFN2O3.C9H10F3N.C8H10O4.C7H8FN.C2H6O.CH2O3.CH4.2K.Na.H2O.U.V.W.H/c1-2-20-13(19)11-8(7-18)12(14)17(16-11)10-6-4-3-5-9(10)15;1-2-18-12(17)9-7-11(16)15(14-9)10-6-4-3-5-8(10)13;12-10-6(5-16)9(11(17)18)14-15(10)8-4-2-1-3-7(8)13;1-6(13)7-2-4-8(5-3-7)9(10,11)12;1-3-11-7(9)5-6-8(10)12-4-2;8-7-4-2-1-3-6(7)5-9;1-2-3;2-1-4-3;;;;;;;;;/h3-7H,2H2,1H3;3-7,14H,2H2,1H3;1-5H,(H,17,18);2-6H,13H2,1H3;3-4H2,1-2H3;1-4H,5,9H2;3H,2H2,1H3;1,3H;1H4;;;;1H2;;;;/q;;;;;;;;;3*+1;;;;;-1/p-2/t;;;6-;;;;;;;;;;;;;/m...1............./s1. The Morgan fingerprint density at radius 2 is 1.02 bits per heavy atom. The molecule has 8 aromatic rings. The van der Waals surface area contributed by atoms with E-state index in [2.05, 4.69) is 29.7 Å². The molecule has 5 aromatic carbocycles. The molecule has 0 aliphatic carbocycles. The number of para-hydroxylation sites is 3. The van der Waals surface area contributed by atoms with Crippen molar-refractivity contribution in [3.63, 3.8) is 0 Å². The number of H-pyrrole nitrogens is 1. The molecule has 3 heterocycles. The van der Waals surface area contributed by atoms with Crippen LogP contribution in [0.15, 0.2) is 132 Å². The number of aromatic carboxylic acids is 1. The van der Waals surface area contributed by atoms with Crippen molar-refractivity contribution in [3.8, 4) is 28.9 Å². The Hall–Kier alpha value is -4.26. The van der Waals surface area contributed by atoms with Gasteiger partial charge in [-0.15, -0.1) is 0 Å². The molecule has 1 radical (unpaired) electrons. The molecule has 105 heavy (non-hydrogen) atoms. The van der Waals surface area contributed by atoms with Crippen molar-refractivity contribution in [1.82, 2.24) is 29.3 Å². The fourth-order valence-electron chi connectivity index (χ4n) is 6.70. The summed E-state index contributed by atoms with van der Waals surface area (Å²) in [5, 5.41) is 34.5. The number of ether oxygens (including phenoxy) is 4. The largest absolute Gasteiger partial charge is 1.00 e. The van der Waals surface area contributed by atoms with Crippen LogP contribution in [-0.2, 0) is 90.6 Å². The van der Waals surface area contributed by atoms with Gasteiger partial charge in [0.2, 0.25) is 0 Å². The Morgan fingerprint density at radius 1 is 0.667 bits per heavy atom. The Kier molecular flexibility index (Phi) is 71.6. The van der Waals surface area contributed by atoms with E-state index in [1.807, 2.05) is 11.8 Å². The third-order valence-electron chi connectivity index (χ3n) is 10.9. The molecule has 8 N–H and O–H groups in total. The minimum atomic E-state index is -4.27. The molecule has 1 atom stereocenters. The average Bonchev–Trinajstić information content (AvgIpc) is 1.66. The number of carboxylic acid groups (broad SMARTS) is 1. The minimum Gasteiger partial charge on any atom is -1.00 e. The van der Waals surface area contributed by atoms with Crippen molar-refractivity contribution in [1.29, 1.82) is 0 Å². The predicted molar refractivity (Wildman–Crippen MR) is 342 cm³/mol. The van der Waals surface area contributed by atoms with E-state index in [0.29, 0.717) is 17.4 Å². The summed E-state index contributed by atoms with van der Waals surface area (Å²) in [6.45, 7) is 11.2. The zero-order chi connectivity index (χ0) is 73.4. The van der Waals surface area contributed by atoms with Gasteiger partial charge in [0, 0.05) is 113 Å². The molecule has 0 unspecified atom stereocenters. The number of halogens is 9. The van der Waals surface area contributed by atoms with Gasteiger partial charge in [0.15, 0.2) is 24.0 Å². The Balaban J connectivity index is -0.000000149. The van der Waals surface area contributed by atoms with Gasteiger partial charge >= 0.3 is 168 Å². The zero-order valence-electron chi connectivity index (χ0n) is 57.8. The molecular formula is C64H68Cl2F7K2N8NaO18UVW. The van der Waals surface area contributed by atoms with Crippen LogP contribution in [0.2, 0.25) is 10.3 Å². The second-order valence-corrected chi connectivity index (χ2v) is 18.2. The first kappa shape index (κ1) is 117. The minimum absolute atomic E-state index is 0. The summed E-state index contributed by atoms with van der Waals surface area (Å²) >= 11 is 11.8. The number of hydrogen-bond acceptors (Lipinski definition) is 21. The van der Waals surface area contributed by atoms with E-state index < -0.39 is 70.3 Å². The molecular weight excluding hydrogens is 1950 g/mol. The molecule has 0 bridgehead atoms. The summed E-state index contributed by atoms with van der Waals surface area (Å²) in [6, 6.07) is 29.3. The Labute approximate surface area is 766 Å². The maximum absolute atomic E-state index is 13.7. The third kappa shape index (κ3) is 41.4. The Bertz CT molecular complexity index is 4020. The number of aromatic amines is 1. The summed E-state index contributed by atoms with van der Waals surface area (Å²) in [5.41, 5.74) is 9.69. The maximum Gasteiger partial charge on any atom is 1.00 e. The number of aliphatic hydroxyl groups excluding tert-OH is 1. The summed E-state index contributed by atoms with van der Waals surface area (Å²) in [7, 11) is 0. The van der Waals surface area contributed by atoms with Crippen LogP contribution in [-0.4, -0.2) is 127 Å². The van der Waals surface area contributed by atoms with E-state index in [4.69, 9.17) is 64.4 Å². The zero-order valence-corrected chi connectivity index (χ0v) is 75.0. The molecule has 26 nitrogen and oxygen atoms in total. The summed E-state index contributed by atoms with van der Waals surface area (Å²) in [4.78, 5) is 99.8. The van der Waals surface area contributed by atoms with Gasteiger partial charge in [-0.3, -0.25) is 24.3 Å². The number of nitrogens with zero attached hydrogens (tertiary/aromatic N) is 5. The van der Waals surface area contributed by atoms with E-state index >= 15 is 0 Å². The smallest absolute Gasteiger partial charge is 1.00 e. The number of alkyl halides is 3. The quantitative estimate of drug-likeness (QED) is 0.0107. The topological polar surface area (TPSA) is 402 Å².